The number of nitrogens with one attached hydrogen (secondary N) is 1. The fourth-order valence-corrected chi connectivity index (χ4v) is 1.79. The molecule has 20 heavy (non-hydrogen) atoms. The summed E-state index contributed by atoms with van der Waals surface area (Å²) in [6.07, 6.45) is 3.10. The molecule has 0 aliphatic heterocycles. The third-order valence-electron chi connectivity index (χ3n) is 2.85. The lowest BCUT2D eigenvalue weighted by Crippen LogP contribution is -2.36. The number of urea groups is 1. The van der Waals surface area contributed by atoms with Gasteiger partial charge in [0.15, 0.2) is 0 Å². The molecule has 0 fully saturated rings. The minimum absolute atomic E-state index is 0.0512. The molecular formula is C14H17N3O3. The van der Waals surface area contributed by atoms with Gasteiger partial charge in [-0.2, -0.15) is 0 Å². The van der Waals surface area contributed by atoms with E-state index in [1.165, 1.54) is 11.2 Å². The SMILES string of the molecule is CCN(CCO)C(=O)Nc1ccc(-c2ncco2)cc1. The van der Waals surface area contributed by atoms with Crippen molar-refractivity contribution in [3.05, 3.63) is 36.7 Å². The summed E-state index contributed by atoms with van der Waals surface area (Å²) in [4.78, 5) is 17.5. The monoisotopic (exact) mass is 275 g/mol. The predicted molar refractivity (Wildman–Crippen MR) is 75.3 cm³/mol. The second-order valence-corrected chi connectivity index (χ2v) is 4.15. The summed E-state index contributed by atoms with van der Waals surface area (Å²) in [5.41, 5.74) is 1.53. The zero-order valence-electron chi connectivity index (χ0n) is 11.2. The Morgan fingerprint density at radius 1 is 1.40 bits per heavy atom. The lowest BCUT2D eigenvalue weighted by molar-refractivity contribution is 0.192. The van der Waals surface area contributed by atoms with Gasteiger partial charge < -0.3 is 19.7 Å². The van der Waals surface area contributed by atoms with E-state index >= 15 is 0 Å². The van der Waals surface area contributed by atoms with E-state index in [0.717, 1.165) is 5.56 Å². The summed E-state index contributed by atoms with van der Waals surface area (Å²) in [7, 11) is 0. The van der Waals surface area contributed by atoms with Crippen LogP contribution in [0.15, 0.2) is 41.1 Å². The first kappa shape index (κ1) is 14.1. The van der Waals surface area contributed by atoms with Crippen molar-refractivity contribution < 1.29 is 14.3 Å². The smallest absolute Gasteiger partial charge is 0.321 e. The van der Waals surface area contributed by atoms with Crippen molar-refractivity contribution in [3.63, 3.8) is 0 Å². The summed E-state index contributed by atoms with van der Waals surface area (Å²) in [6.45, 7) is 2.67. The van der Waals surface area contributed by atoms with Crippen molar-refractivity contribution >= 4 is 11.7 Å². The number of rotatable bonds is 5. The van der Waals surface area contributed by atoms with Gasteiger partial charge in [-0.05, 0) is 31.2 Å². The highest BCUT2D eigenvalue weighted by Gasteiger charge is 2.11. The van der Waals surface area contributed by atoms with Crippen molar-refractivity contribution in [1.29, 1.82) is 0 Å². The lowest BCUT2D eigenvalue weighted by Gasteiger charge is -2.20. The molecule has 2 rings (SSSR count). The largest absolute Gasteiger partial charge is 0.445 e. The molecule has 2 aromatic rings. The molecule has 0 aliphatic carbocycles. The Kier molecular flexibility index (Phi) is 4.73. The van der Waals surface area contributed by atoms with Gasteiger partial charge in [0, 0.05) is 24.3 Å². The number of carbonyl (C=O) groups is 1. The van der Waals surface area contributed by atoms with Gasteiger partial charge >= 0.3 is 6.03 Å². The van der Waals surface area contributed by atoms with Crippen LogP contribution in [0.25, 0.3) is 11.5 Å². The van der Waals surface area contributed by atoms with Crippen molar-refractivity contribution in [3.8, 4) is 11.5 Å². The zero-order chi connectivity index (χ0) is 14.4. The summed E-state index contributed by atoms with van der Waals surface area (Å²) in [5.74, 6) is 0.540. The molecule has 1 heterocycles. The number of likely N-dealkylation sites (N-methyl/N-ethyl adjacent to an activating group) is 1. The van der Waals surface area contributed by atoms with Gasteiger partial charge in [0.05, 0.1) is 12.8 Å². The van der Waals surface area contributed by atoms with Gasteiger partial charge in [0.25, 0.3) is 0 Å². The Hall–Kier alpha value is -2.34. The van der Waals surface area contributed by atoms with Gasteiger partial charge in [-0.1, -0.05) is 0 Å². The van der Waals surface area contributed by atoms with Gasteiger partial charge in [-0.3, -0.25) is 0 Å². The number of oxazole rings is 1. The molecule has 0 bridgehead atoms. The Morgan fingerprint density at radius 3 is 2.70 bits per heavy atom. The van der Waals surface area contributed by atoms with Crippen LogP contribution in [0.1, 0.15) is 6.92 Å². The van der Waals surface area contributed by atoms with Crippen molar-refractivity contribution in [2.45, 2.75) is 6.92 Å². The number of anilines is 1. The predicted octanol–water partition coefficient (Wildman–Crippen LogP) is 2.19. The molecule has 0 atom stereocenters. The van der Waals surface area contributed by atoms with Crippen LogP contribution in [0.2, 0.25) is 0 Å². The molecular weight excluding hydrogens is 258 g/mol. The van der Waals surface area contributed by atoms with Gasteiger partial charge in [-0.15, -0.1) is 0 Å². The molecule has 2 N–H and O–H groups in total. The average Bonchev–Trinajstić information content (AvgIpc) is 2.99. The fraction of sp³-hybridized carbons (Fsp3) is 0.286. The highest BCUT2D eigenvalue weighted by molar-refractivity contribution is 5.89. The van der Waals surface area contributed by atoms with Crippen LogP contribution in [-0.4, -0.2) is 40.7 Å². The van der Waals surface area contributed by atoms with Crippen LogP contribution < -0.4 is 5.32 Å². The van der Waals surface area contributed by atoms with Crippen LogP contribution in [0.4, 0.5) is 10.5 Å². The standard InChI is InChI=1S/C14H17N3O3/c1-2-17(8-9-18)14(19)16-12-5-3-11(4-6-12)13-15-7-10-20-13/h3-7,10,18H,2,8-9H2,1H3,(H,16,19). The number of aromatic nitrogens is 1. The van der Waals surface area contributed by atoms with Crippen LogP contribution in [0.5, 0.6) is 0 Å². The first-order valence-electron chi connectivity index (χ1n) is 6.41. The van der Waals surface area contributed by atoms with E-state index in [1.54, 1.807) is 18.3 Å². The Bertz CT molecular complexity index is 537. The molecule has 6 nitrogen and oxygen atoms in total. The minimum atomic E-state index is -0.231. The fourth-order valence-electron chi connectivity index (χ4n) is 1.79. The first-order valence-corrected chi connectivity index (χ1v) is 6.41. The normalized spacial score (nSPS) is 10.3. The molecule has 2 amide bonds. The minimum Gasteiger partial charge on any atom is -0.445 e. The summed E-state index contributed by atoms with van der Waals surface area (Å²) < 4.78 is 5.19. The molecule has 0 aliphatic rings. The zero-order valence-corrected chi connectivity index (χ0v) is 11.2. The van der Waals surface area contributed by atoms with Gasteiger partial charge in [0.1, 0.15) is 6.26 Å². The Labute approximate surface area is 117 Å². The number of benzene rings is 1. The van der Waals surface area contributed by atoms with E-state index in [1.807, 2.05) is 19.1 Å². The first-order chi connectivity index (χ1) is 9.74. The van der Waals surface area contributed by atoms with Crippen LogP contribution in [0, 0.1) is 0 Å². The van der Waals surface area contributed by atoms with Gasteiger partial charge in [0.2, 0.25) is 5.89 Å². The molecule has 106 valence electrons. The second-order valence-electron chi connectivity index (χ2n) is 4.15. The highest BCUT2D eigenvalue weighted by Crippen LogP contribution is 2.19. The highest BCUT2D eigenvalue weighted by atomic mass is 16.3. The lowest BCUT2D eigenvalue weighted by atomic mass is 10.2. The maximum atomic E-state index is 11.9. The number of hydrogen-bond donors (Lipinski definition) is 2. The molecule has 1 aromatic carbocycles. The van der Waals surface area contributed by atoms with Crippen LogP contribution in [0.3, 0.4) is 0 Å². The summed E-state index contributed by atoms with van der Waals surface area (Å²) >= 11 is 0. The van der Waals surface area contributed by atoms with E-state index in [4.69, 9.17) is 9.52 Å². The Balaban J connectivity index is 2.02. The number of hydrogen-bond acceptors (Lipinski definition) is 4. The topological polar surface area (TPSA) is 78.6 Å². The number of aliphatic hydroxyl groups excluding tert-OH is 1. The third kappa shape index (κ3) is 3.36. The van der Waals surface area contributed by atoms with E-state index in [2.05, 4.69) is 10.3 Å². The molecule has 1 aromatic heterocycles. The van der Waals surface area contributed by atoms with Crippen LogP contribution in [-0.2, 0) is 0 Å². The second kappa shape index (κ2) is 6.72. The average molecular weight is 275 g/mol. The van der Waals surface area contributed by atoms with Crippen molar-refractivity contribution in [2.24, 2.45) is 0 Å². The molecule has 0 saturated carbocycles. The summed E-state index contributed by atoms with van der Waals surface area (Å²) in [6, 6.07) is 6.98. The van der Waals surface area contributed by atoms with E-state index in [0.29, 0.717) is 24.7 Å². The molecule has 0 unspecified atom stereocenters. The van der Waals surface area contributed by atoms with Gasteiger partial charge in [-0.25, -0.2) is 9.78 Å². The molecule has 6 heteroatoms. The number of amides is 2. The quantitative estimate of drug-likeness (QED) is 0.876. The van der Waals surface area contributed by atoms with Crippen molar-refractivity contribution in [2.75, 3.05) is 25.0 Å². The molecule has 0 saturated heterocycles. The molecule has 0 radical (unpaired) electrons. The van der Waals surface area contributed by atoms with Crippen molar-refractivity contribution in [1.82, 2.24) is 9.88 Å². The Morgan fingerprint density at radius 2 is 2.15 bits per heavy atom. The number of carbonyl (C=O) groups excluding carboxylic acids is 1. The maximum Gasteiger partial charge on any atom is 0.321 e. The van der Waals surface area contributed by atoms with E-state index in [9.17, 15) is 4.79 Å². The number of nitrogens with zero attached hydrogens (tertiary/aromatic N) is 2. The third-order valence-corrected chi connectivity index (χ3v) is 2.85. The van der Waals surface area contributed by atoms with E-state index < -0.39 is 0 Å². The van der Waals surface area contributed by atoms with Crippen LogP contribution >= 0.6 is 0 Å². The maximum absolute atomic E-state index is 11.9. The molecule has 0 spiro atoms. The van der Waals surface area contributed by atoms with E-state index in [-0.39, 0.29) is 12.6 Å². The number of aliphatic hydroxyl groups is 1. The summed E-state index contributed by atoms with van der Waals surface area (Å²) in [5, 5.41) is 11.7.